The van der Waals surface area contributed by atoms with Gasteiger partial charge in [-0.25, -0.2) is 13.8 Å². The molecule has 0 radical (unpaired) electrons. The number of carbonyl (C=O) groups excluding carboxylic acids is 1. The molecule has 52 heavy (non-hydrogen) atoms. The third-order valence-electron chi connectivity index (χ3n) is 10.9. The topological polar surface area (TPSA) is 116 Å². The fourth-order valence-electron chi connectivity index (χ4n) is 8.40. The van der Waals surface area contributed by atoms with Gasteiger partial charge in [0.15, 0.2) is 11.6 Å². The van der Waals surface area contributed by atoms with Crippen LogP contribution >= 0.6 is 11.6 Å². The summed E-state index contributed by atoms with van der Waals surface area (Å²) in [6.45, 7) is 4.34. The van der Waals surface area contributed by atoms with Crippen LogP contribution in [0.4, 0.5) is 20.4 Å². The van der Waals surface area contributed by atoms with Gasteiger partial charge in [0.25, 0.3) is 6.47 Å². The van der Waals surface area contributed by atoms with Crippen LogP contribution in [-0.2, 0) is 9.53 Å². The van der Waals surface area contributed by atoms with E-state index in [1.54, 1.807) is 36.5 Å². The number of nitrogen functional groups attached to an aromatic ring is 1. The normalized spacial score (nSPS) is 20.3. The molecular formula is C39H35ClF2N6O4. The van der Waals surface area contributed by atoms with Crippen LogP contribution < -0.4 is 20.1 Å². The van der Waals surface area contributed by atoms with Crippen molar-refractivity contribution in [2.75, 3.05) is 43.5 Å². The van der Waals surface area contributed by atoms with Crippen LogP contribution in [0.2, 0.25) is 5.02 Å². The zero-order chi connectivity index (χ0) is 36.1. The molecule has 10 nitrogen and oxygen atoms in total. The van der Waals surface area contributed by atoms with Crippen molar-refractivity contribution in [1.82, 2.24) is 19.9 Å². The summed E-state index contributed by atoms with van der Waals surface area (Å²) in [6.07, 6.45) is 10.9. The molecule has 0 saturated carbocycles. The van der Waals surface area contributed by atoms with Crippen molar-refractivity contribution < 1.29 is 27.8 Å². The van der Waals surface area contributed by atoms with E-state index in [1.165, 1.54) is 6.07 Å². The zero-order valence-corrected chi connectivity index (χ0v) is 29.1. The number of fused-ring (bicyclic) bond motifs is 2. The van der Waals surface area contributed by atoms with E-state index in [0.717, 1.165) is 37.8 Å². The Labute approximate surface area is 303 Å². The number of nitrogens with zero attached hydrogens (tertiary/aromatic N) is 5. The average Bonchev–Trinajstić information content (AvgIpc) is 3.65. The number of carbonyl (C=O) groups is 1. The number of nitrogens with two attached hydrogens (primary N) is 1. The number of hydrogen-bond acceptors (Lipinski definition) is 10. The van der Waals surface area contributed by atoms with E-state index in [-0.39, 0.29) is 69.6 Å². The number of rotatable bonds is 9. The summed E-state index contributed by atoms with van der Waals surface area (Å²) in [7, 11) is 0. The monoisotopic (exact) mass is 724 g/mol. The number of anilines is 2. The van der Waals surface area contributed by atoms with Crippen LogP contribution in [-0.4, -0.2) is 70.8 Å². The Morgan fingerprint density at radius 3 is 2.85 bits per heavy atom. The van der Waals surface area contributed by atoms with Gasteiger partial charge in [-0.05, 0) is 62.2 Å². The highest BCUT2D eigenvalue weighted by Gasteiger charge is 2.50. The van der Waals surface area contributed by atoms with Crippen LogP contribution in [0, 0.1) is 24.0 Å². The van der Waals surface area contributed by atoms with Gasteiger partial charge in [0.2, 0.25) is 0 Å². The first kappa shape index (κ1) is 33.9. The minimum Gasteiger partial charge on any atom is -0.489 e. The average molecular weight is 725 g/mol. The Morgan fingerprint density at radius 1 is 1.17 bits per heavy atom. The lowest BCUT2D eigenvalue weighted by molar-refractivity contribution is -0.130. The van der Waals surface area contributed by atoms with Crippen molar-refractivity contribution in [3.05, 3.63) is 76.4 Å². The lowest BCUT2D eigenvalue weighted by Gasteiger charge is -2.34. The van der Waals surface area contributed by atoms with Crippen molar-refractivity contribution in [2.24, 2.45) is 0 Å². The Kier molecular flexibility index (Phi) is 8.71. The quantitative estimate of drug-likeness (QED) is 0.128. The highest BCUT2D eigenvalue weighted by atomic mass is 35.5. The predicted molar refractivity (Wildman–Crippen MR) is 194 cm³/mol. The van der Waals surface area contributed by atoms with Crippen molar-refractivity contribution in [1.29, 1.82) is 0 Å². The molecule has 3 atom stereocenters. The summed E-state index contributed by atoms with van der Waals surface area (Å²) in [4.78, 5) is 29.2. The van der Waals surface area contributed by atoms with E-state index >= 15 is 8.78 Å². The number of ether oxygens (including phenoxy) is 3. The van der Waals surface area contributed by atoms with E-state index in [1.807, 2.05) is 17.9 Å². The second-order valence-corrected chi connectivity index (χ2v) is 13.9. The van der Waals surface area contributed by atoms with Crippen molar-refractivity contribution in [2.45, 2.75) is 50.2 Å². The fraction of sp³-hybridized carbons (Fsp3) is 0.333. The number of aromatic nitrogens is 3. The molecular weight excluding hydrogens is 690 g/mol. The SMILES string of the molecule is C#Cc1c(F)ccc2cccc(-c3c(Cl)c4c5c(nc(OCC67CCCN6C(COC=O)CC7)nc5c3F)N(C(C)c3cccnc3N)CCO4)c12. The zero-order valence-electron chi connectivity index (χ0n) is 28.4. The molecule has 0 aliphatic carbocycles. The lowest BCUT2D eigenvalue weighted by Crippen LogP contribution is -2.47. The maximum Gasteiger partial charge on any atom is 0.319 e. The largest absolute Gasteiger partial charge is 0.489 e. The summed E-state index contributed by atoms with van der Waals surface area (Å²) < 4.78 is 50.4. The maximum absolute atomic E-state index is 17.4. The molecule has 5 heterocycles. The molecule has 266 valence electrons. The van der Waals surface area contributed by atoms with Gasteiger partial charge in [-0.15, -0.1) is 6.42 Å². The van der Waals surface area contributed by atoms with Gasteiger partial charge in [-0.3, -0.25) is 9.69 Å². The first-order chi connectivity index (χ1) is 25.3. The molecule has 3 aromatic carbocycles. The summed E-state index contributed by atoms with van der Waals surface area (Å²) in [5.74, 6) is 1.96. The van der Waals surface area contributed by atoms with Crippen molar-refractivity contribution >= 4 is 51.4 Å². The summed E-state index contributed by atoms with van der Waals surface area (Å²) in [6, 6.07) is 11.4. The Morgan fingerprint density at radius 2 is 2.04 bits per heavy atom. The third-order valence-corrected chi connectivity index (χ3v) is 11.2. The number of terminal acetylenes is 1. The first-order valence-corrected chi connectivity index (χ1v) is 17.6. The van der Waals surface area contributed by atoms with Crippen LogP contribution in [0.3, 0.4) is 0 Å². The van der Waals surface area contributed by atoms with Gasteiger partial charge in [-0.1, -0.05) is 47.9 Å². The molecule has 0 amide bonds. The number of benzene rings is 3. The van der Waals surface area contributed by atoms with Crippen LogP contribution in [0.1, 0.15) is 49.8 Å². The van der Waals surface area contributed by atoms with Gasteiger partial charge in [-0.2, -0.15) is 9.97 Å². The molecule has 0 bridgehead atoms. The smallest absolute Gasteiger partial charge is 0.319 e. The molecule has 0 spiro atoms. The molecule has 2 fully saturated rings. The number of hydrogen-bond donors (Lipinski definition) is 1. The number of pyridine rings is 1. The van der Waals surface area contributed by atoms with Gasteiger partial charge >= 0.3 is 6.01 Å². The van der Waals surface area contributed by atoms with E-state index in [0.29, 0.717) is 47.6 Å². The van der Waals surface area contributed by atoms with Gasteiger partial charge in [0.1, 0.15) is 42.8 Å². The van der Waals surface area contributed by atoms with Crippen molar-refractivity contribution in [3.8, 4) is 35.2 Å². The van der Waals surface area contributed by atoms with Crippen LogP contribution in [0.15, 0.2) is 48.7 Å². The molecule has 2 N–H and O–H groups in total. The molecule has 3 aliphatic heterocycles. The van der Waals surface area contributed by atoms with E-state index < -0.39 is 11.6 Å². The lowest BCUT2D eigenvalue weighted by atomic mass is 9.93. The van der Waals surface area contributed by atoms with Crippen molar-refractivity contribution in [3.63, 3.8) is 0 Å². The van der Waals surface area contributed by atoms with E-state index in [4.69, 9.17) is 47.9 Å². The minimum absolute atomic E-state index is 0.00862. The molecule has 3 aliphatic rings. The molecule has 2 saturated heterocycles. The number of halogens is 3. The standard InChI is InChI=1S/C39H35ClF2N6O4/c1-3-25-28(41)11-10-23-7-4-8-27(29(23)25)30-32(40)35-31-34(33(30)42)45-38(52-20-39-13-6-16-48(39)24(12-14-39)19-50-21-49)46-37(31)47(17-18-51-35)22(2)26-9-5-15-44-36(26)43/h1,4-5,7-11,15,21-22,24H,6,12-14,16-20H2,2H3,(H2,43,44). The highest BCUT2D eigenvalue weighted by Crippen LogP contribution is 2.50. The first-order valence-electron chi connectivity index (χ1n) is 17.2. The van der Waals surface area contributed by atoms with Crippen LogP contribution in [0.5, 0.6) is 11.8 Å². The molecule has 8 rings (SSSR count). The fourth-order valence-corrected chi connectivity index (χ4v) is 8.74. The Bertz CT molecular complexity index is 2280. The molecule has 2 aromatic heterocycles. The van der Waals surface area contributed by atoms with E-state index in [2.05, 4.69) is 15.8 Å². The molecule has 3 unspecified atom stereocenters. The Balaban J connectivity index is 1.32. The van der Waals surface area contributed by atoms with Gasteiger partial charge in [0.05, 0.1) is 34.1 Å². The van der Waals surface area contributed by atoms with Gasteiger partial charge < -0.3 is 24.8 Å². The van der Waals surface area contributed by atoms with Crippen LogP contribution in [0.25, 0.3) is 32.8 Å². The summed E-state index contributed by atoms with van der Waals surface area (Å²) in [5, 5.41) is 1.20. The Hall–Kier alpha value is -5.25. The minimum atomic E-state index is -0.761. The third kappa shape index (κ3) is 5.42. The summed E-state index contributed by atoms with van der Waals surface area (Å²) in [5.41, 5.74) is 6.95. The highest BCUT2D eigenvalue weighted by molar-refractivity contribution is 6.37. The second-order valence-electron chi connectivity index (χ2n) is 13.5. The van der Waals surface area contributed by atoms with E-state index in [9.17, 15) is 4.79 Å². The summed E-state index contributed by atoms with van der Waals surface area (Å²) >= 11 is 7.12. The second kappa shape index (κ2) is 13.4. The predicted octanol–water partition coefficient (Wildman–Crippen LogP) is 6.85. The maximum atomic E-state index is 17.4. The molecule has 5 aromatic rings. The molecule has 13 heteroatoms. The van der Waals surface area contributed by atoms with Gasteiger partial charge in [0, 0.05) is 28.8 Å².